The number of methoxy groups -OCH3 is 2. The summed E-state index contributed by atoms with van der Waals surface area (Å²) in [6.07, 6.45) is -0.491. The highest BCUT2D eigenvalue weighted by atomic mass is 35.5. The molecular weight excluding hydrogens is 379 g/mol. The average molecular weight is 395 g/mol. The normalized spacial score (nSPS) is 11.9. The summed E-state index contributed by atoms with van der Waals surface area (Å²) in [7, 11) is 3.14. The molecule has 0 amide bonds. The van der Waals surface area contributed by atoms with Gasteiger partial charge in [0.05, 0.1) is 19.2 Å². The van der Waals surface area contributed by atoms with Crippen molar-refractivity contribution >= 4 is 23.2 Å². The molecule has 8 heteroatoms. The first kappa shape index (κ1) is 18.4. The second-order valence-electron chi connectivity index (χ2n) is 5.36. The Morgan fingerprint density at radius 1 is 0.962 bits per heavy atom. The van der Waals surface area contributed by atoms with Gasteiger partial charge in [-0.2, -0.15) is 4.98 Å². The van der Waals surface area contributed by atoms with E-state index in [4.69, 9.17) is 41.9 Å². The monoisotopic (exact) mass is 394 g/mol. The fraction of sp³-hybridized carbons (Fsp3) is 0.222. The quantitative estimate of drug-likeness (QED) is 0.572. The van der Waals surface area contributed by atoms with E-state index < -0.39 is 6.10 Å². The lowest BCUT2D eigenvalue weighted by atomic mass is 10.2. The van der Waals surface area contributed by atoms with E-state index in [-0.39, 0.29) is 0 Å². The summed E-state index contributed by atoms with van der Waals surface area (Å²) >= 11 is 12.0. The number of nitrogens with zero attached hydrogens (tertiary/aromatic N) is 2. The van der Waals surface area contributed by atoms with Crippen molar-refractivity contribution in [3.05, 3.63) is 52.3 Å². The molecule has 0 N–H and O–H groups in total. The third-order valence-electron chi connectivity index (χ3n) is 3.63. The Balaban J connectivity index is 1.81. The van der Waals surface area contributed by atoms with Crippen molar-refractivity contribution in [2.24, 2.45) is 0 Å². The molecule has 0 bridgehead atoms. The largest absolute Gasteiger partial charge is 0.493 e. The third kappa shape index (κ3) is 3.86. The summed E-state index contributed by atoms with van der Waals surface area (Å²) in [5.41, 5.74) is 0.731. The van der Waals surface area contributed by atoms with Gasteiger partial charge in [0.25, 0.3) is 5.89 Å². The molecule has 0 saturated carbocycles. The molecule has 26 heavy (non-hydrogen) atoms. The highest BCUT2D eigenvalue weighted by Crippen LogP contribution is 2.33. The SMILES string of the molecule is COc1ccc(-c2noc(C(C)Oc3ccc(Cl)cc3Cl)n2)cc1OC. The summed E-state index contributed by atoms with van der Waals surface area (Å²) in [5.74, 6) is 2.41. The maximum absolute atomic E-state index is 6.12. The van der Waals surface area contributed by atoms with Crippen LogP contribution >= 0.6 is 23.2 Å². The predicted octanol–water partition coefficient (Wildman–Crippen LogP) is 5.20. The van der Waals surface area contributed by atoms with Gasteiger partial charge in [-0.3, -0.25) is 0 Å². The van der Waals surface area contributed by atoms with Crippen molar-refractivity contribution in [1.82, 2.24) is 10.1 Å². The fourth-order valence-electron chi connectivity index (χ4n) is 2.30. The number of ether oxygens (including phenoxy) is 3. The van der Waals surface area contributed by atoms with Crippen molar-refractivity contribution in [1.29, 1.82) is 0 Å². The minimum absolute atomic E-state index is 0.320. The molecule has 3 aromatic rings. The van der Waals surface area contributed by atoms with Gasteiger partial charge < -0.3 is 18.7 Å². The van der Waals surface area contributed by atoms with Crippen LogP contribution in [-0.4, -0.2) is 24.4 Å². The number of hydrogen-bond donors (Lipinski definition) is 0. The minimum Gasteiger partial charge on any atom is -0.493 e. The van der Waals surface area contributed by atoms with Crippen LogP contribution in [0.4, 0.5) is 0 Å². The molecule has 136 valence electrons. The predicted molar refractivity (Wildman–Crippen MR) is 98.3 cm³/mol. The van der Waals surface area contributed by atoms with Crippen LogP contribution in [-0.2, 0) is 0 Å². The first-order chi connectivity index (χ1) is 12.5. The first-order valence-electron chi connectivity index (χ1n) is 7.69. The van der Waals surface area contributed by atoms with E-state index in [0.29, 0.717) is 39.0 Å². The topological polar surface area (TPSA) is 66.6 Å². The highest BCUT2D eigenvalue weighted by molar-refractivity contribution is 6.35. The van der Waals surface area contributed by atoms with Crippen LogP contribution in [0.15, 0.2) is 40.9 Å². The zero-order valence-corrected chi connectivity index (χ0v) is 15.8. The van der Waals surface area contributed by atoms with E-state index in [9.17, 15) is 0 Å². The maximum Gasteiger partial charge on any atom is 0.267 e. The van der Waals surface area contributed by atoms with Crippen LogP contribution < -0.4 is 14.2 Å². The van der Waals surface area contributed by atoms with Gasteiger partial charge in [-0.25, -0.2) is 0 Å². The van der Waals surface area contributed by atoms with Gasteiger partial charge >= 0.3 is 0 Å². The Morgan fingerprint density at radius 3 is 2.38 bits per heavy atom. The summed E-state index contributed by atoms with van der Waals surface area (Å²) in [6, 6.07) is 10.4. The van der Waals surface area contributed by atoms with Gasteiger partial charge in [-0.1, -0.05) is 28.4 Å². The molecule has 0 aliphatic rings. The molecule has 0 aliphatic carbocycles. The van der Waals surface area contributed by atoms with Crippen molar-refractivity contribution < 1.29 is 18.7 Å². The molecular formula is C18H16Cl2N2O4. The number of rotatable bonds is 6. The molecule has 0 fully saturated rings. The molecule has 6 nitrogen and oxygen atoms in total. The zero-order chi connectivity index (χ0) is 18.7. The van der Waals surface area contributed by atoms with E-state index >= 15 is 0 Å². The standard InChI is InChI=1S/C18H16Cl2N2O4/c1-10(25-14-7-5-12(19)9-13(14)20)18-21-17(22-26-18)11-4-6-15(23-2)16(8-11)24-3/h4-10H,1-3H3. The molecule has 0 radical (unpaired) electrons. The molecule has 0 spiro atoms. The maximum atomic E-state index is 6.12. The minimum atomic E-state index is -0.491. The number of hydrogen-bond acceptors (Lipinski definition) is 6. The van der Waals surface area contributed by atoms with E-state index in [0.717, 1.165) is 5.56 Å². The van der Waals surface area contributed by atoms with Crippen molar-refractivity contribution in [2.75, 3.05) is 14.2 Å². The lowest BCUT2D eigenvalue weighted by Crippen LogP contribution is -2.04. The van der Waals surface area contributed by atoms with Crippen LogP contribution in [0.3, 0.4) is 0 Å². The highest BCUT2D eigenvalue weighted by Gasteiger charge is 2.19. The third-order valence-corrected chi connectivity index (χ3v) is 4.16. The van der Waals surface area contributed by atoms with Crippen molar-refractivity contribution in [3.63, 3.8) is 0 Å². The van der Waals surface area contributed by atoms with Gasteiger partial charge in [0.2, 0.25) is 5.82 Å². The van der Waals surface area contributed by atoms with E-state index in [1.54, 1.807) is 51.5 Å². The average Bonchev–Trinajstić information content (AvgIpc) is 3.13. The fourth-order valence-corrected chi connectivity index (χ4v) is 2.76. The van der Waals surface area contributed by atoms with E-state index in [2.05, 4.69) is 10.1 Å². The smallest absolute Gasteiger partial charge is 0.267 e. The number of aromatic nitrogens is 2. The van der Waals surface area contributed by atoms with Gasteiger partial charge in [0, 0.05) is 10.6 Å². The lowest BCUT2D eigenvalue weighted by Gasteiger charge is -2.12. The molecule has 0 aliphatic heterocycles. The lowest BCUT2D eigenvalue weighted by molar-refractivity contribution is 0.176. The first-order valence-corrected chi connectivity index (χ1v) is 8.45. The summed E-state index contributed by atoms with van der Waals surface area (Å²) in [6.45, 7) is 1.79. The van der Waals surface area contributed by atoms with Crippen molar-refractivity contribution in [2.45, 2.75) is 13.0 Å². The van der Waals surface area contributed by atoms with E-state index in [1.807, 2.05) is 6.07 Å². The molecule has 1 atom stereocenters. The Hall–Kier alpha value is -2.44. The molecule has 3 rings (SSSR count). The van der Waals surface area contributed by atoms with Crippen LogP contribution in [0.5, 0.6) is 17.2 Å². The molecule has 1 heterocycles. The van der Waals surface area contributed by atoms with Gasteiger partial charge in [-0.05, 0) is 43.3 Å². The van der Waals surface area contributed by atoms with Crippen LogP contribution in [0.1, 0.15) is 18.9 Å². The summed E-state index contributed by atoms with van der Waals surface area (Å²) in [5, 5.41) is 4.94. The Kier molecular flexibility index (Phi) is 5.54. The second kappa shape index (κ2) is 7.85. The van der Waals surface area contributed by atoms with Crippen LogP contribution in [0.2, 0.25) is 10.0 Å². The van der Waals surface area contributed by atoms with Crippen LogP contribution in [0, 0.1) is 0 Å². The zero-order valence-electron chi connectivity index (χ0n) is 14.3. The van der Waals surface area contributed by atoms with Gasteiger partial charge in [0.15, 0.2) is 17.6 Å². The van der Waals surface area contributed by atoms with Gasteiger partial charge in [0.1, 0.15) is 5.75 Å². The molecule has 1 unspecified atom stereocenters. The Morgan fingerprint density at radius 2 is 1.69 bits per heavy atom. The van der Waals surface area contributed by atoms with Crippen molar-refractivity contribution in [3.8, 4) is 28.6 Å². The summed E-state index contributed by atoms with van der Waals surface area (Å²) < 4.78 is 21.6. The van der Waals surface area contributed by atoms with E-state index in [1.165, 1.54) is 0 Å². The second-order valence-corrected chi connectivity index (χ2v) is 6.20. The Labute approximate surface area is 160 Å². The number of halogens is 2. The van der Waals surface area contributed by atoms with Crippen LogP contribution in [0.25, 0.3) is 11.4 Å². The van der Waals surface area contributed by atoms with Gasteiger partial charge in [-0.15, -0.1) is 0 Å². The molecule has 0 saturated heterocycles. The summed E-state index contributed by atoms with van der Waals surface area (Å²) in [4.78, 5) is 4.39. The Bertz CT molecular complexity index is 914. The number of benzene rings is 2. The molecule has 2 aromatic carbocycles. The molecule has 1 aromatic heterocycles.